The van der Waals surface area contributed by atoms with Gasteiger partial charge in [0.15, 0.2) is 0 Å². The van der Waals surface area contributed by atoms with Crippen molar-refractivity contribution in [3.05, 3.63) is 23.9 Å². The number of nitrogens with two attached hydrogens (primary N) is 2. The molecule has 0 saturated carbocycles. The summed E-state index contributed by atoms with van der Waals surface area (Å²) in [5.74, 6) is 0.373. The fraction of sp³-hybridized carbons (Fsp3) is 0.583. The van der Waals surface area contributed by atoms with Crippen molar-refractivity contribution in [1.29, 1.82) is 0 Å². The van der Waals surface area contributed by atoms with Crippen LogP contribution in [0.1, 0.15) is 18.4 Å². The lowest BCUT2D eigenvalue weighted by Crippen LogP contribution is -2.33. The first kappa shape index (κ1) is 13.9. The highest BCUT2D eigenvalue weighted by molar-refractivity contribution is 5.39. The smallest absolute Gasteiger partial charge is 0.138 e. The van der Waals surface area contributed by atoms with Gasteiger partial charge in [0.1, 0.15) is 11.5 Å². The standard InChI is InChI=1S/C12H20FN3O/c1-17-9-12(13,5-3-6-14)8-10-4-2-7-16-11(10)15/h2,4,7H,3,5-6,8-9,14H2,1H3,(H2,15,16). The minimum atomic E-state index is -1.43. The molecule has 4 nitrogen and oxygen atoms in total. The first-order valence-electron chi connectivity index (χ1n) is 5.68. The molecule has 1 unspecified atom stereocenters. The molecule has 0 aliphatic heterocycles. The van der Waals surface area contributed by atoms with E-state index >= 15 is 0 Å². The second kappa shape index (κ2) is 6.51. The van der Waals surface area contributed by atoms with Crippen molar-refractivity contribution < 1.29 is 9.13 Å². The Morgan fingerprint density at radius 1 is 1.53 bits per heavy atom. The highest BCUT2D eigenvalue weighted by Gasteiger charge is 2.30. The number of nitrogen functional groups attached to an aromatic ring is 1. The number of hydrogen-bond donors (Lipinski definition) is 2. The zero-order chi connectivity index (χ0) is 12.7. The molecular formula is C12H20FN3O. The lowest BCUT2D eigenvalue weighted by atomic mass is 9.92. The molecule has 1 aromatic rings. The first-order chi connectivity index (χ1) is 8.11. The number of hydrogen-bond acceptors (Lipinski definition) is 4. The molecule has 0 fully saturated rings. The monoisotopic (exact) mass is 241 g/mol. The van der Waals surface area contributed by atoms with E-state index in [-0.39, 0.29) is 13.0 Å². The van der Waals surface area contributed by atoms with Crippen LogP contribution in [0.5, 0.6) is 0 Å². The summed E-state index contributed by atoms with van der Waals surface area (Å²) in [6, 6.07) is 3.54. The number of nitrogens with zero attached hydrogens (tertiary/aromatic N) is 1. The number of pyridine rings is 1. The Bertz CT molecular complexity index is 348. The van der Waals surface area contributed by atoms with E-state index in [1.807, 2.05) is 0 Å². The molecule has 0 saturated heterocycles. The van der Waals surface area contributed by atoms with Crippen LogP contribution in [0.4, 0.5) is 10.2 Å². The van der Waals surface area contributed by atoms with Crippen LogP contribution in [0, 0.1) is 0 Å². The number of aromatic nitrogens is 1. The molecule has 0 bridgehead atoms. The Labute approximate surface area is 101 Å². The summed E-state index contributed by atoms with van der Waals surface area (Å²) < 4.78 is 19.5. The quantitative estimate of drug-likeness (QED) is 0.754. The molecule has 4 N–H and O–H groups in total. The highest BCUT2D eigenvalue weighted by atomic mass is 19.1. The van der Waals surface area contributed by atoms with Crippen LogP contribution in [0.25, 0.3) is 0 Å². The van der Waals surface area contributed by atoms with E-state index in [0.29, 0.717) is 30.8 Å². The zero-order valence-electron chi connectivity index (χ0n) is 10.2. The van der Waals surface area contributed by atoms with Crippen molar-refractivity contribution in [3.63, 3.8) is 0 Å². The van der Waals surface area contributed by atoms with E-state index in [1.165, 1.54) is 7.11 Å². The minimum absolute atomic E-state index is 0.0430. The van der Waals surface area contributed by atoms with Gasteiger partial charge in [-0.05, 0) is 31.0 Å². The molecule has 0 spiro atoms. The normalized spacial score (nSPS) is 14.5. The molecule has 96 valence electrons. The van der Waals surface area contributed by atoms with Gasteiger partial charge in [0, 0.05) is 19.7 Å². The molecule has 0 aromatic carbocycles. The van der Waals surface area contributed by atoms with Gasteiger partial charge in [-0.15, -0.1) is 0 Å². The molecule has 1 atom stereocenters. The summed E-state index contributed by atoms with van der Waals surface area (Å²) in [5, 5.41) is 0. The second-order valence-corrected chi connectivity index (χ2v) is 4.20. The average molecular weight is 241 g/mol. The third-order valence-corrected chi connectivity index (χ3v) is 2.67. The van der Waals surface area contributed by atoms with Crippen molar-refractivity contribution in [3.8, 4) is 0 Å². The Kier molecular flexibility index (Phi) is 5.31. The van der Waals surface area contributed by atoms with Gasteiger partial charge < -0.3 is 16.2 Å². The molecule has 0 aliphatic carbocycles. The van der Waals surface area contributed by atoms with Gasteiger partial charge in [0.25, 0.3) is 0 Å². The van der Waals surface area contributed by atoms with Crippen molar-refractivity contribution >= 4 is 5.82 Å². The van der Waals surface area contributed by atoms with Crippen molar-refractivity contribution in [1.82, 2.24) is 4.98 Å². The van der Waals surface area contributed by atoms with E-state index < -0.39 is 5.67 Å². The van der Waals surface area contributed by atoms with Gasteiger partial charge in [-0.3, -0.25) is 0 Å². The maximum Gasteiger partial charge on any atom is 0.138 e. The number of methoxy groups -OCH3 is 1. The number of rotatable bonds is 7. The maximum atomic E-state index is 14.6. The van der Waals surface area contributed by atoms with E-state index in [2.05, 4.69) is 4.98 Å². The van der Waals surface area contributed by atoms with E-state index in [9.17, 15) is 4.39 Å². The minimum Gasteiger partial charge on any atom is -0.383 e. The number of alkyl halides is 1. The predicted octanol–water partition coefficient (Wildman–Crippen LogP) is 1.30. The van der Waals surface area contributed by atoms with E-state index in [4.69, 9.17) is 16.2 Å². The van der Waals surface area contributed by atoms with Crippen molar-refractivity contribution in [2.45, 2.75) is 24.9 Å². The van der Waals surface area contributed by atoms with Crippen LogP contribution < -0.4 is 11.5 Å². The van der Waals surface area contributed by atoms with Gasteiger partial charge in [-0.1, -0.05) is 6.07 Å². The van der Waals surface area contributed by atoms with Crippen molar-refractivity contribution in [2.24, 2.45) is 5.73 Å². The van der Waals surface area contributed by atoms with Crippen LogP contribution in [0.3, 0.4) is 0 Å². The highest BCUT2D eigenvalue weighted by Crippen LogP contribution is 2.26. The molecular weight excluding hydrogens is 221 g/mol. The topological polar surface area (TPSA) is 74.2 Å². The van der Waals surface area contributed by atoms with Gasteiger partial charge >= 0.3 is 0 Å². The summed E-state index contributed by atoms with van der Waals surface area (Å²) in [6.07, 6.45) is 2.79. The lowest BCUT2D eigenvalue weighted by Gasteiger charge is -2.24. The fourth-order valence-corrected chi connectivity index (χ4v) is 1.83. The summed E-state index contributed by atoms with van der Waals surface area (Å²) >= 11 is 0. The molecule has 1 heterocycles. The van der Waals surface area contributed by atoms with Crippen molar-refractivity contribution in [2.75, 3.05) is 26.0 Å². The van der Waals surface area contributed by atoms with Crippen LogP contribution in [-0.4, -0.2) is 30.9 Å². The van der Waals surface area contributed by atoms with Gasteiger partial charge in [-0.2, -0.15) is 0 Å². The summed E-state index contributed by atoms with van der Waals surface area (Å²) in [6.45, 7) is 0.513. The average Bonchev–Trinajstić information content (AvgIpc) is 2.30. The first-order valence-corrected chi connectivity index (χ1v) is 5.68. The largest absolute Gasteiger partial charge is 0.383 e. The Hall–Kier alpha value is -1.20. The lowest BCUT2D eigenvalue weighted by molar-refractivity contribution is 0.0335. The van der Waals surface area contributed by atoms with Crippen LogP contribution in [0.15, 0.2) is 18.3 Å². The molecule has 5 heteroatoms. The molecule has 0 radical (unpaired) electrons. The fourth-order valence-electron chi connectivity index (χ4n) is 1.83. The second-order valence-electron chi connectivity index (χ2n) is 4.20. The SMILES string of the molecule is COCC(F)(CCCN)Cc1cccnc1N. The van der Waals surface area contributed by atoms with Gasteiger partial charge in [-0.25, -0.2) is 9.37 Å². The third-order valence-electron chi connectivity index (χ3n) is 2.67. The Balaban J connectivity index is 2.75. The maximum absolute atomic E-state index is 14.6. The molecule has 0 amide bonds. The molecule has 1 rings (SSSR count). The Morgan fingerprint density at radius 2 is 2.29 bits per heavy atom. The third kappa shape index (κ3) is 4.28. The molecule has 0 aliphatic rings. The number of halogens is 1. The summed E-state index contributed by atoms with van der Waals surface area (Å²) in [4.78, 5) is 3.95. The molecule has 17 heavy (non-hydrogen) atoms. The Morgan fingerprint density at radius 3 is 2.88 bits per heavy atom. The summed E-state index contributed by atoms with van der Waals surface area (Å²) in [5.41, 5.74) is 10.4. The van der Waals surface area contributed by atoms with Crippen LogP contribution in [0.2, 0.25) is 0 Å². The van der Waals surface area contributed by atoms with Crippen LogP contribution in [-0.2, 0) is 11.2 Å². The van der Waals surface area contributed by atoms with E-state index in [0.717, 1.165) is 0 Å². The number of ether oxygens (including phenoxy) is 1. The van der Waals surface area contributed by atoms with Gasteiger partial charge in [0.2, 0.25) is 0 Å². The molecule has 1 aromatic heterocycles. The summed E-state index contributed by atoms with van der Waals surface area (Å²) in [7, 11) is 1.49. The van der Waals surface area contributed by atoms with Crippen LogP contribution >= 0.6 is 0 Å². The number of anilines is 1. The van der Waals surface area contributed by atoms with E-state index in [1.54, 1.807) is 18.3 Å². The zero-order valence-corrected chi connectivity index (χ0v) is 10.2. The van der Waals surface area contributed by atoms with Gasteiger partial charge in [0.05, 0.1) is 6.61 Å². The predicted molar refractivity (Wildman–Crippen MR) is 66.4 cm³/mol.